The Morgan fingerprint density at radius 1 is 1.11 bits per heavy atom. The number of halogens is 1. The van der Waals surface area contributed by atoms with Gasteiger partial charge in [0, 0.05) is 4.47 Å². The van der Waals surface area contributed by atoms with E-state index in [0.29, 0.717) is 5.69 Å². The fourth-order valence-corrected chi connectivity index (χ4v) is 1.28. The van der Waals surface area contributed by atoms with Crippen molar-refractivity contribution in [1.82, 2.24) is 0 Å². The van der Waals surface area contributed by atoms with Crippen LogP contribution in [-0.4, -0.2) is 31.9 Å². The van der Waals surface area contributed by atoms with Crippen LogP contribution in [0.4, 0.5) is 5.69 Å². The van der Waals surface area contributed by atoms with E-state index in [0.717, 1.165) is 18.7 Å². The molecule has 18 heavy (non-hydrogen) atoms. The van der Waals surface area contributed by atoms with Crippen LogP contribution in [0.5, 0.6) is 0 Å². The van der Waals surface area contributed by atoms with Crippen molar-refractivity contribution in [3.8, 4) is 0 Å². The van der Waals surface area contributed by atoms with Crippen LogP contribution in [0.3, 0.4) is 0 Å². The first-order valence-corrected chi connectivity index (χ1v) is 5.63. The lowest BCUT2D eigenvalue weighted by atomic mass is 10.3. The second-order valence-corrected chi connectivity index (χ2v) is 3.98. The van der Waals surface area contributed by atoms with Crippen molar-refractivity contribution in [2.45, 2.75) is 0 Å². The summed E-state index contributed by atoms with van der Waals surface area (Å²) in [6.07, 6.45) is 0. The molecule has 0 radical (unpaired) electrons. The van der Waals surface area contributed by atoms with Crippen LogP contribution in [0.1, 0.15) is 0 Å². The number of methoxy groups -OCH3 is 2. The van der Waals surface area contributed by atoms with Crippen molar-refractivity contribution in [3.05, 3.63) is 28.7 Å². The number of carbonyl (C=O) groups is 2. The Hall–Kier alpha value is -1.89. The molecule has 0 unspecified atom stereocenters. The highest BCUT2D eigenvalue weighted by Crippen LogP contribution is 2.13. The lowest BCUT2D eigenvalue weighted by Crippen LogP contribution is -2.27. The minimum Gasteiger partial charge on any atom is -0.464 e. The van der Waals surface area contributed by atoms with E-state index in [1.807, 2.05) is 0 Å². The average Bonchev–Trinajstić information content (AvgIpc) is 2.40. The maximum atomic E-state index is 11.3. The Kier molecular flexibility index (Phi) is 5.31. The fourth-order valence-electron chi connectivity index (χ4n) is 1.01. The van der Waals surface area contributed by atoms with E-state index in [-0.39, 0.29) is 0 Å². The molecular formula is C11H11BrN2O4. The summed E-state index contributed by atoms with van der Waals surface area (Å²) in [4.78, 5) is 22.6. The molecule has 7 heteroatoms. The smallest absolute Gasteiger partial charge is 0.366 e. The molecule has 0 fully saturated rings. The van der Waals surface area contributed by atoms with Crippen molar-refractivity contribution in [2.75, 3.05) is 19.6 Å². The quantitative estimate of drug-likeness (QED) is 0.395. The van der Waals surface area contributed by atoms with Gasteiger partial charge in [0.2, 0.25) is 0 Å². The molecule has 0 spiro atoms. The molecule has 96 valence electrons. The molecular weight excluding hydrogens is 304 g/mol. The zero-order valence-corrected chi connectivity index (χ0v) is 11.4. The van der Waals surface area contributed by atoms with E-state index in [9.17, 15) is 9.59 Å². The number of rotatable bonds is 4. The van der Waals surface area contributed by atoms with E-state index in [1.54, 1.807) is 24.3 Å². The summed E-state index contributed by atoms with van der Waals surface area (Å²) in [5.41, 5.74) is 2.73. The number of nitrogens with one attached hydrogen (secondary N) is 1. The van der Waals surface area contributed by atoms with Crippen LogP contribution in [0.25, 0.3) is 0 Å². The molecule has 1 N–H and O–H groups in total. The van der Waals surface area contributed by atoms with Gasteiger partial charge in [0.05, 0.1) is 19.9 Å². The molecule has 6 nitrogen and oxygen atoms in total. The van der Waals surface area contributed by atoms with E-state index < -0.39 is 17.7 Å². The average molecular weight is 315 g/mol. The number of benzene rings is 1. The minimum atomic E-state index is -0.869. The van der Waals surface area contributed by atoms with Gasteiger partial charge in [-0.25, -0.2) is 9.59 Å². The lowest BCUT2D eigenvalue weighted by Gasteiger charge is -2.04. The molecule has 0 saturated heterocycles. The molecule has 0 aliphatic heterocycles. The van der Waals surface area contributed by atoms with Gasteiger partial charge >= 0.3 is 11.9 Å². The third-order valence-corrected chi connectivity index (χ3v) is 2.43. The van der Waals surface area contributed by atoms with Crippen LogP contribution in [0.15, 0.2) is 33.8 Å². The van der Waals surface area contributed by atoms with Gasteiger partial charge in [-0.3, -0.25) is 5.43 Å². The van der Waals surface area contributed by atoms with Gasteiger partial charge < -0.3 is 9.47 Å². The Morgan fingerprint density at radius 2 is 1.61 bits per heavy atom. The van der Waals surface area contributed by atoms with Crippen LogP contribution in [0.2, 0.25) is 0 Å². The monoisotopic (exact) mass is 314 g/mol. The molecule has 0 heterocycles. The SMILES string of the molecule is COC(=O)C(=NNc1ccc(Br)cc1)C(=O)OC. The van der Waals surface area contributed by atoms with E-state index >= 15 is 0 Å². The number of nitrogens with zero attached hydrogens (tertiary/aromatic N) is 1. The van der Waals surface area contributed by atoms with Crippen LogP contribution >= 0.6 is 15.9 Å². The summed E-state index contributed by atoms with van der Waals surface area (Å²) >= 11 is 3.28. The molecule has 1 aromatic carbocycles. The number of ether oxygens (including phenoxy) is 2. The molecule has 1 rings (SSSR count). The number of hydrogen-bond acceptors (Lipinski definition) is 6. The van der Waals surface area contributed by atoms with Crippen LogP contribution in [0, 0.1) is 0 Å². The lowest BCUT2D eigenvalue weighted by molar-refractivity contribution is -0.138. The molecule has 0 aliphatic carbocycles. The number of esters is 2. The highest BCUT2D eigenvalue weighted by molar-refractivity contribution is 9.10. The maximum absolute atomic E-state index is 11.3. The topological polar surface area (TPSA) is 77.0 Å². The summed E-state index contributed by atoms with van der Waals surface area (Å²) in [7, 11) is 2.31. The van der Waals surface area contributed by atoms with Crippen LogP contribution < -0.4 is 5.43 Å². The predicted molar refractivity (Wildman–Crippen MR) is 69.2 cm³/mol. The number of carbonyl (C=O) groups excluding carboxylic acids is 2. The van der Waals surface area contributed by atoms with Crippen molar-refractivity contribution in [1.29, 1.82) is 0 Å². The van der Waals surface area contributed by atoms with Gasteiger partial charge in [0.15, 0.2) is 0 Å². The fraction of sp³-hybridized carbons (Fsp3) is 0.182. The summed E-state index contributed by atoms with van der Waals surface area (Å²) in [6, 6.07) is 7.02. The maximum Gasteiger partial charge on any atom is 0.366 e. The third kappa shape index (κ3) is 3.85. The molecule has 1 aromatic rings. The summed E-state index contributed by atoms with van der Waals surface area (Å²) in [6.45, 7) is 0. The van der Waals surface area contributed by atoms with E-state index in [2.05, 4.69) is 35.9 Å². The standard InChI is InChI=1S/C11H11BrN2O4/c1-17-10(15)9(11(16)18-2)14-13-8-5-3-7(12)4-6-8/h3-6,13H,1-2H3. The second-order valence-electron chi connectivity index (χ2n) is 3.06. The van der Waals surface area contributed by atoms with Gasteiger partial charge in [-0.2, -0.15) is 5.10 Å². The number of hydrogen-bond donors (Lipinski definition) is 1. The van der Waals surface area contributed by atoms with Crippen molar-refractivity contribution < 1.29 is 19.1 Å². The van der Waals surface area contributed by atoms with Crippen molar-refractivity contribution in [3.63, 3.8) is 0 Å². The zero-order chi connectivity index (χ0) is 13.5. The summed E-state index contributed by atoms with van der Waals surface area (Å²) < 4.78 is 9.75. The van der Waals surface area contributed by atoms with Crippen molar-refractivity contribution in [2.24, 2.45) is 5.10 Å². The Bertz CT molecular complexity index is 452. The van der Waals surface area contributed by atoms with Gasteiger partial charge in [-0.15, -0.1) is 0 Å². The largest absolute Gasteiger partial charge is 0.464 e. The second kappa shape index (κ2) is 6.75. The van der Waals surface area contributed by atoms with Gasteiger partial charge in [-0.1, -0.05) is 15.9 Å². The number of anilines is 1. The third-order valence-electron chi connectivity index (χ3n) is 1.90. The van der Waals surface area contributed by atoms with E-state index in [1.165, 1.54) is 0 Å². The number of hydrazone groups is 1. The minimum absolute atomic E-state index is 0.456. The summed E-state index contributed by atoms with van der Waals surface area (Å²) in [5, 5.41) is 3.67. The first-order valence-electron chi connectivity index (χ1n) is 4.84. The predicted octanol–water partition coefficient (Wildman–Crippen LogP) is 1.56. The highest BCUT2D eigenvalue weighted by Gasteiger charge is 2.22. The Morgan fingerprint density at radius 3 is 2.06 bits per heavy atom. The Labute approximate surface area is 112 Å². The normalized spacial score (nSPS) is 9.28. The summed E-state index contributed by atoms with van der Waals surface area (Å²) in [5.74, 6) is -1.74. The molecule has 0 amide bonds. The molecule has 0 bridgehead atoms. The molecule has 0 atom stereocenters. The van der Waals surface area contributed by atoms with E-state index in [4.69, 9.17) is 0 Å². The van der Waals surface area contributed by atoms with Gasteiger partial charge in [0.25, 0.3) is 5.71 Å². The van der Waals surface area contributed by atoms with Crippen LogP contribution in [-0.2, 0) is 19.1 Å². The first-order chi connectivity index (χ1) is 8.58. The molecule has 0 saturated carbocycles. The zero-order valence-electron chi connectivity index (χ0n) is 9.77. The van der Waals surface area contributed by atoms with Crippen molar-refractivity contribution >= 4 is 39.3 Å². The Balaban J connectivity index is 2.86. The van der Waals surface area contributed by atoms with Gasteiger partial charge in [-0.05, 0) is 24.3 Å². The molecule has 0 aliphatic rings. The highest BCUT2D eigenvalue weighted by atomic mass is 79.9. The molecule has 0 aromatic heterocycles. The van der Waals surface area contributed by atoms with Gasteiger partial charge in [0.1, 0.15) is 0 Å². The first kappa shape index (κ1) is 14.2.